The molecule has 0 fully saturated rings. The van der Waals surface area contributed by atoms with E-state index in [-0.39, 0.29) is 10.9 Å². The van der Waals surface area contributed by atoms with Gasteiger partial charge < -0.3 is 4.74 Å². The van der Waals surface area contributed by atoms with Crippen molar-refractivity contribution in [2.75, 3.05) is 12.9 Å². The number of nitro groups is 1. The van der Waals surface area contributed by atoms with Gasteiger partial charge in [-0.25, -0.2) is 13.8 Å². The summed E-state index contributed by atoms with van der Waals surface area (Å²) in [5.41, 5.74) is -0.615. The van der Waals surface area contributed by atoms with Crippen LogP contribution in [0.2, 0.25) is 0 Å². The molecule has 0 aliphatic rings. The first-order valence-electron chi connectivity index (χ1n) is 6.05. The maximum Gasteiger partial charge on any atom is 0.340 e. The van der Waals surface area contributed by atoms with Gasteiger partial charge in [-0.1, -0.05) is 11.8 Å². The number of hydrogen-bond acceptors (Lipinski definition) is 6. The number of rotatable bonds is 6. The second-order valence-corrected chi connectivity index (χ2v) is 4.95. The van der Waals surface area contributed by atoms with Crippen molar-refractivity contribution in [3.63, 3.8) is 0 Å². The summed E-state index contributed by atoms with van der Waals surface area (Å²) >= 11 is 1.02. The summed E-state index contributed by atoms with van der Waals surface area (Å²) in [5.74, 6) is -4.83. The number of aliphatic imine (C=N–C) groups is 1. The molecule has 0 amide bonds. The van der Waals surface area contributed by atoms with E-state index in [1.807, 2.05) is 0 Å². The molecule has 0 aromatic heterocycles. The number of benzene rings is 1. The van der Waals surface area contributed by atoms with Crippen LogP contribution in [0.5, 0.6) is 5.75 Å². The Hall–Kier alpha value is -2.55. The Morgan fingerprint density at radius 3 is 2.71 bits per heavy atom. The van der Waals surface area contributed by atoms with Crippen molar-refractivity contribution in [2.45, 2.75) is 12.3 Å². The number of ether oxygens (including phenoxy) is 1. The molecule has 0 unspecified atom stereocenters. The van der Waals surface area contributed by atoms with Crippen LogP contribution in [0.4, 0.5) is 28.9 Å². The highest BCUT2D eigenvalue weighted by Gasteiger charge is 2.41. The zero-order chi connectivity index (χ0) is 18.3. The van der Waals surface area contributed by atoms with Crippen molar-refractivity contribution in [1.82, 2.24) is 5.32 Å². The highest BCUT2D eigenvalue weighted by Crippen LogP contribution is 2.30. The molecule has 0 heterocycles. The van der Waals surface area contributed by atoms with Gasteiger partial charge in [-0.3, -0.25) is 15.4 Å². The minimum atomic E-state index is -4.40. The van der Waals surface area contributed by atoms with E-state index in [2.05, 4.69) is 15.0 Å². The third-order valence-corrected chi connectivity index (χ3v) is 3.00. The largest absolute Gasteiger partial charge is 0.487 e. The Morgan fingerprint density at radius 1 is 1.54 bits per heavy atom. The lowest BCUT2D eigenvalue weighted by atomic mass is 10.2. The van der Waals surface area contributed by atoms with Gasteiger partial charge in [0, 0.05) is 12.1 Å². The molecule has 0 spiro atoms. The molecule has 1 aromatic carbocycles. The van der Waals surface area contributed by atoms with Crippen LogP contribution in [0.15, 0.2) is 23.2 Å². The number of nitriles is 1. The van der Waals surface area contributed by atoms with Gasteiger partial charge >= 0.3 is 12.3 Å². The predicted octanol–water partition coefficient (Wildman–Crippen LogP) is 3.30. The van der Waals surface area contributed by atoms with E-state index < -0.39 is 35.3 Å². The van der Waals surface area contributed by atoms with Crippen LogP contribution in [0, 0.1) is 21.6 Å². The highest BCUT2D eigenvalue weighted by atomic mass is 32.2. The van der Waals surface area contributed by atoms with E-state index in [0.29, 0.717) is 0 Å². The molecular weight excluding hydrogens is 356 g/mol. The lowest BCUT2D eigenvalue weighted by Gasteiger charge is -2.16. The molecule has 0 bridgehead atoms. The van der Waals surface area contributed by atoms with Gasteiger partial charge in [0.1, 0.15) is 5.75 Å². The molecular formula is C12H10F4N4O3S. The quantitative estimate of drug-likeness (QED) is 0.158. The average molecular weight is 366 g/mol. The molecule has 7 nitrogen and oxygen atoms in total. The Kier molecular flexibility index (Phi) is 6.78. The summed E-state index contributed by atoms with van der Waals surface area (Å²) in [6, 6.07) is 2.86. The predicted molar refractivity (Wildman–Crippen MR) is 78.9 cm³/mol. The maximum atomic E-state index is 12.9. The lowest BCUT2D eigenvalue weighted by molar-refractivity contribution is -0.384. The summed E-state index contributed by atoms with van der Waals surface area (Å²) in [4.78, 5) is 13.9. The summed E-state index contributed by atoms with van der Waals surface area (Å²) in [5, 5.41) is 21.7. The fourth-order valence-electron chi connectivity index (χ4n) is 1.35. The van der Waals surface area contributed by atoms with Gasteiger partial charge in [0.2, 0.25) is 0 Å². The van der Waals surface area contributed by atoms with Gasteiger partial charge in [-0.2, -0.15) is 14.0 Å². The van der Waals surface area contributed by atoms with Crippen molar-refractivity contribution in [3.05, 3.63) is 28.3 Å². The molecule has 0 atom stereocenters. The second-order valence-electron chi connectivity index (χ2n) is 4.15. The second kappa shape index (κ2) is 8.34. The number of hydrogen-bond donors (Lipinski definition) is 1. The number of thioether (sulfide) groups is 1. The van der Waals surface area contributed by atoms with Crippen molar-refractivity contribution in [3.8, 4) is 11.9 Å². The molecule has 0 aliphatic carbocycles. The molecule has 24 heavy (non-hydrogen) atoms. The van der Waals surface area contributed by atoms with Gasteiger partial charge in [0.25, 0.3) is 5.69 Å². The molecule has 12 heteroatoms. The summed E-state index contributed by atoms with van der Waals surface area (Å²) in [6.45, 7) is -1.65. The monoisotopic (exact) mass is 366 g/mol. The molecule has 0 radical (unpaired) electrons. The number of alkyl halides is 4. The number of nitrogens with zero attached hydrogens (tertiary/aromatic N) is 3. The van der Waals surface area contributed by atoms with E-state index in [1.54, 1.807) is 12.4 Å². The third-order valence-electron chi connectivity index (χ3n) is 2.42. The van der Waals surface area contributed by atoms with Crippen molar-refractivity contribution in [1.29, 1.82) is 5.26 Å². The third kappa shape index (κ3) is 5.58. The molecule has 1 N–H and O–H groups in total. The maximum absolute atomic E-state index is 12.9. The standard InChI is InChI=1S/C12H10F4N4O3S/c1-24-11(18-6-17)19-7-2-8(20(21)22)4-9(3-7)23-5-12(15,16)10(13)14/h2-4,10H,5H2,1H3,(H,18,19). The summed E-state index contributed by atoms with van der Waals surface area (Å²) in [7, 11) is 0. The highest BCUT2D eigenvalue weighted by molar-refractivity contribution is 8.13. The van der Waals surface area contributed by atoms with E-state index in [4.69, 9.17) is 5.26 Å². The van der Waals surface area contributed by atoms with E-state index >= 15 is 0 Å². The Balaban J connectivity index is 3.13. The van der Waals surface area contributed by atoms with Gasteiger partial charge in [-0.15, -0.1) is 0 Å². The smallest absolute Gasteiger partial charge is 0.340 e. The molecule has 0 saturated carbocycles. The first-order valence-corrected chi connectivity index (χ1v) is 7.28. The van der Waals surface area contributed by atoms with Crippen LogP contribution in [-0.4, -0.2) is 35.3 Å². The normalized spacial score (nSPS) is 12.0. The Morgan fingerprint density at radius 2 is 2.21 bits per heavy atom. The van der Waals surface area contributed by atoms with Crippen LogP contribution >= 0.6 is 11.8 Å². The minimum absolute atomic E-state index is 0.0772. The van der Waals surface area contributed by atoms with Crippen molar-refractivity contribution >= 4 is 28.3 Å². The SMILES string of the molecule is CSC(=Nc1cc(OCC(F)(F)C(F)F)cc([N+](=O)[O-])c1)NC#N. The van der Waals surface area contributed by atoms with Gasteiger partial charge in [-0.05, 0) is 6.26 Å². The molecule has 1 rings (SSSR count). The van der Waals surface area contributed by atoms with Gasteiger partial charge in [0.05, 0.1) is 16.7 Å². The number of nitrogens with one attached hydrogen (secondary N) is 1. The minimum Gasteiger partial charge on any atom is -0.487 e. The average Bonchev–Trinajstić information content (AvgIpc) is 2.52. The molecule has 1 aromatic rings. The van der Waals surface area contributed by atoms with E-state index in [9.17, 15) is 27.7 Å². The van der Waals surface area contributed by atoms with Crippen LogP contribution in [0.3, 0.4) is 0 Å². The zero-order valence-electron chi connectivity index (χ0n) is 12.0. The number of halogens is 4. The lowest BCUT2D eigenvalue weighted by Crippen LogP contribution is -2.33. The summed E-state index contributed by atoms with van der Waals surface area (Å²) in [6.07, 6.45) is -0.764. The molecule has 0 saturated heterocycles. The fraction of sp³-hybridized carbons (Fsp3) is 0.333. The van der Waals surface area contributed by atoms with Crippen LogP contribution < -0.4 is 10.1 Å². The van der Waals surface area contributed by atoms with E-state index in [0.717, 1.165) is 30.0 Å². The first-order chi connectivity index (χ1) is 11.2. The molecule has 130 valence electrons. The fourth-order valence-corrected chi connectivity index (χ4v) is 1.70. The van der Waals surface area contributed by atoms with E-state index in [1.165, 1.54) is 0 Å². The number of amidine groups is 1. The molecule has 0 aliphatic heterocycles. The van der Waals surface area contributed by atoms with Crippen molar-refractivity contribution < 1.29 is 27.2 Å². The first kappa shape index (κ1) is 19.5. The van der Waals surface area contributed by atoms with Crippen molar-refractivity contribution in [2.24, 2.45) is 4.99 Å². The van der Waals surface area contributed by atoms with Crippen LogP contribution in [0.25, 0.3) is 0 Å². The number of non-ortho nitro benzene ring substituents is 1. The Bertz CT molecular complexity index is 679. The zero-order valence-corrected chi connectivity index (χ0v) is 12.8. The summed E-state index contributed by atoms with van der Waals surface area (Å²) < 4.78 is 54.5. The van der Waals surface area contributed by atoms with Gasteiger partial charge in [0.15, 0.2) is 18.0 Å². The Labute approximate surface area is 137 Å². The van der Waals surface area contributed by atoms with Crippen LogP contribution in [-0.2, 0) is 0 Å². The number of nitro benzene ring substituents is 1. The van der Waals surface area contributed by atoms with Crippen LogP contribution in [0.1, 0.15) is 0 Å². The topological polar surface area (TPSA) is 101 Å².